The lowest BCUT2D eigenvalue weighted by Crippen LogP contribution is -2.08. The van der Waals surface area contributed by atoms with Crippen molar-refractivity contribution in [3.63, 3.8) is 0 Å². The van der Waals surface area contributed by atoms with Crippen molar-refractivity contribution in [2.45, 2.75) is 32.3 Å². The Morgan fingerprint density at radius 3 is 2.42 bits per heavy atom. The Labute approximate surface area is 142 Å². The van der Waals surface area contributed by atoms with E-state index in [4.69, 9.17) is 9.47 Å². The lowest BCUT2D eigenvalue weighted by atomic mass is 10.1. The summed E-state index contributed by atoms with van der Waals surface area (Å²) in [6, 6.07) is 14.0. The molecule has 4 heteroatoms. The van der Waals surface area contributed by atoms with E-state index in [2.05, 4.69) is 6.58 Å². The molecule has 2 rings (SSSR count). The van der Waals surface area contributed by atoms with Gasteiger partial charge in [0.1, 0.15) is 6.61 Å². The number of rotatable bonds is 9. The summed E-state index contributed by atoms with van der Waals surface area (Å²) in [6.07, 6.45) is 3.20. The first-order chi connectivity index (χ1) is 11.7. The Hall–Kier alpha value is -2.62. The third-order valence-corrected chi connectivity index (χ3v) is 3.56. The van der Waals surface area contributed by atoms with Crippen LogP contribution in [-0.2, 0) is 25.7 Å². The molecule has 0 N–H and O–H groups in total. The summed E-state index contributed by atoms with van der Waals surface area (Å²) in [7, 11) is 0. The van der Waals surface area contributed by atoms with Gasteiger partial charge in [-0.1, -0.05) is 42.5 Å². The molecule has 2 aromatic rings. The van der Waals surface area contributed by atoms with Gasteiger partial charge in [0.25, 0.3) is 0 Å². The Balaban J connectivity index is 1.68. The number of benzene rings is 2. The van der Waals surface area contributed by atoms with Crippen LogP contribution in [-0.4, -0.2) is 18.5 Å². The minimum Gasteiger partial charge on any atom is -0.465 e. The normalized spacial score (nSPS) is 10.3. The van der Waals surface area contributed by atoms with Crippen LogP contribution in [0.25, 0.3) is 10.8 Å². The van der Waals surface area contributed by atoms with Gasteiger partial charge in [0, 0.05) is 12.8 Å². The minimum atomic E-state index is -0.304. The number of hydrogen-bond acceptors (Lipinski definition) is 4. The van der Waals surface area contributed by atoms with E-state index in [1.807, 2.05) is 42.5 Å². The monoisotopic (exact) mass is 326 g/mol. The second-order valence-electron chi connectivity index (χ2n) is 5.49. The first-order valence-corrected chi connectivity index (χ1v) is 8.09. The number of esters is 2. The van der Waals surface area contributed by atoms with Crippen molar-refractivity contribution in [1.29, 1.82) is 0 Å². The van der Waals surface area contributed by atoms with Crippen molar-refractivity contribution in [3.8, 4) is 0 Å². The SMILES string of the molecule is C=CCCOC(=O)CCCC(=O)OCc1ccc2ccccc2c1. The van der Waals surface area contributed by atoms with Crippen LogP contribution >= 0.6 is 0 Å². The van der Waals surface area contributed by atoms with E-state index in [0.29, 0.717) is 19.4 Å². The zero-order valence-electron chi connectivity index (χ0n) is 13.7. The molecule has 0 heterocycles. The summed E-state index contributed by atoms with van der Waals surface area (Å²) in [6.45, 7) is 4.14. The molecule has 0 aromatic heterocycles. The third kappa shape index (κ3) is 5.88. The molecule has 0 saturated heterocycles. The highest BCUT2D eigenvalue weighted by Crippen LogP contribution is 2.16. The summed E-state index contributed by atoms with van der Waals surface area (Å²) < 4.78 is 10.2. The van der Waals surface area contributed by atoms with Crippen molar-refractivity contribution in [2.75, 3.05) is 6.61 Å². The maximum absolute atomic E-state index is 11.7. The van der Waals surface area contributed by atoms with E-state index in [9.17, 15) is 9.59 Å². The van der Waals surface area contributed by atoms with Crippen LogP contribution in [0.3, 0.4) is 0 Å². The van der Waals surface area contributed by atoms with Crippen molar-refractivity contribution in [1.82, 2.24) is 0 Å². The summed E-state index contributed by atoms with van der Waals surface area (Å²) in [5.41, 5.74) is 0.950. The van der Waals surface area contributed by atoms with Crippen molar-refractivity contribution < 1.29 is 19.1 Å². The van der Waals surface area contributed by atoms with Gasteiger partial charge in [-0.05, 0) is 35.2 Å². The molecule has 0 radical (unpaired) electrons. The standard InChI is InChI=1S/C20H22O4/c1-2-3-13-23-19(21)9-6-10-20(22)24-15-16-11-12-17-7-4-5-8-18(17)14-16/h2,4-5,7-8,11-12,14H,1,3,6,9-10,13,15H2. The topological polar surface area (TPSA) is 52.6 Å². The second kappa shape index (κ2) is 9.50. The Bertz CT molecular complexity index is 706. The first-order valence-electron chi connectivity index (χ1n) is 8.09. The Morgan fingerprint density at radius 1 is 0.958 bits per heavy atom. The molecule has 126 valence electrons. The number of hydrogen-bond donors (Lipinski definition) is 0. The highest BCUT2D eigenvalue weighted by Gasteiger charge is 2.07. The summed E-state index contributed by atoms with van der Waals surface area (Å²) in [5.74, 6) is -0.596. The summed E-state index contributed by atoms with van der Waals surface area (Å²) in [5, 5.41) is 2.27. The van der Waals surface area contributed by atoms with Gasteiger partial charge in [0.2, 0.25) is 0 Å². The van der Waals surface area contributed by atoms with Gasteiger partial charge in [-0.25, -0.2) is 0 Å². The minimum absolute atomic E-state index is 0.212. The van der Waals surface area contributed by atoms with Crippen LogP contribution in [0.2, 0.25) is 0 Å². The highest BCUT2D eigenvalue weighted by molar-refractivity contribution is 5.83. The molecule has 0 aliphatic carbocycles. The first kappa shape index (κ1) is 17.7. The van der Waals surface area contributed by atoms with Gasteiger partial charge in [0.05, 0.1) is 6.61 Å². The number of fused-ring (bicyclic) bond motifs is 1. The van der Waals surface area contributed by atoms with Gasteiger partial charge in [-0.15, -0.1) is 6.58 Å². The van der Waals surface area contributed by atoms with Gasteiger partial charge < -0.3 is 9.47 Å². The molecule has 0 atom stereocenters. The number of carbonyl (C=O) groups excluding carboxylic acids is 2. The van der Waals surface area contributed by atoms with Crippen LogP contribution in [0.1, 0.15) is 31.2 Å². The largest absolute Gasteiger partial charge is 0.465 e. The van der Waals surface area contributed by atoms with Crippen LogP contribution in [0.4, 0.5) is 0 Å². The van der Waals surface area contributed by atoms with Gasteiger partial charge in [-0.2, -0.15) is 0 Å². The molecule has 0 bridgehead atoms. The molecular weight excluding hydrogens is 304 g/mol. The molecule has 0 aliphatic heterocycles. The highest BCUT2D eigenvalue weighted by atomic mass is 16.5. The average molecular weight is 326 g/mol. The molecule has 0 saturated carbocycles. The fraction of sp³-hybridized carbons (Fsp3) is 0.300. The molecule has 2 aromatic carbocycles. The average Bonchev–Trinajstić information content (AvgIpc) is 2.60. The third-order valence-electron chi connectivity index (χ3n) is 3.56. The van der Waals surface area contributed by atoms with Crippen molar-refractivity contribution in [2.24, 2.45) is 0 Å². The predicted molar refractivity (Wildman–Crippen MR) is 93.4 cm³/mol. The number of ether oxygens (including phenoxy) is 2. The molecule has 0 spiro atoms. The lowest BCUT2D eigenvalue weighted by Gasteiger charge is -2.06. The molecule has 0 amide bonds. The smallest absolute Gasteiger partial charge is 0.306 e. The molecule has 0 unspecified atom stereocenters. The fourth-order valence-corrected chi connectivity index (χ4v) is 2.27. The van der Waals surface area contributed by atoms with Crippen LogP contribution in [0.5, 0.6) is 0 Å². The van der Waals surface area contributed by atoms with E-state index in [0.717, 1.165) is 16.3 Å². The lowest BCUT2D eigenvalue weighted by molar-refractivity contribution is -0.146. The quantitative estimate of drug-likeness (QED) is 0.394. The van der Waals surface area contributed by atoms with Crippen LogP contribution < -0.4 is 0 Å². The summed E-state index contributed by atoms with van der Waals surface area (Å²) >= 11 is 0. The van der Waals surface area contributed by atoms with E-state index in [1.54, 1.807) is 6.08 Å². The molecular formula is C20H22O4. The van der Waals surface area contributed by atoms with Crippen LogP contribution in [0, 0.1) is 0 Å². The van der Waals surface area contributed by atoms with E-state index in [-0.39, 0.29) is 31.4 Å². The van der Waals surface area contributed by atoms with E-state index < -0.39 is 0 Å². The van der Waals surface area contributed by atoms with E-state index in [1.165, 1.54) is 0 Å². The maximum Gasteiger partial charge on any atom is 0.306 e. The van der Waals surface area contributed by atoms with Gasteiger partial charge in [-0.3, -0.25) is 9.59 Å². The van der Waals surface area contributed by atoms with Crippen LogP contribution in [0.15, 0.2) is 55.1 Å². The fourth-order valence-electron chi connectivity index (χ4n) is 2.27. The Morgan fingerprint density at radius 2 is 1.67 bits per heavy atom. The molecule has 0 aliphatic rings. The van der Waals surface area contributed by atoms with Gasteiger partial charge in [0.15, 0.2) is 0 Å². The van der Waals surface area contributed by atoms with E-state index >= 15 is 0 Å². The molecule has 4 nitrogen and oxygen atoms in total. The summed E-state index contributed by atoms with van der Waals surface area (Å²) in [4.78, 5) is 23.1. The van der Waals surface area contributed by atoms with Crippen molar-refractivity contribution in [3.05, 3.63) is 60.7 Å². The molecule has 24 heavy (non-hydrogen) atoms. The zero-order chi connectivity index (χ0) is 17.2. The zero-order valence-corrected chi connectivity index (χ0v) is 13.7. The van der Waals surface area contributed by atoms with Crippen molar-refractivity contribution >= 4 is 22.7 Å². The molecule has 0 fully saturated rings. The number of carbonyl (C=O) groups is 2. The Kier molecular flexibility index (Phi) is 7.02. The predicted octanol–water partition coefficient (Wildman–Crippen LogP) is 4.17. The maximum atomic E-state index is 11.7. The van der Waals surface area contributed by atoms with Gasteiger partial charge >= 0.3 is 11.9 Å². The second-order valence-corrected chi connectivity index (χ2v) is 5.49.